The monoisotopic (exact) mass is 510 g/mol. The molecule has 0 bridgehead atoms. The van der Waals surface area contributed by atoms with Gasteiger partial charge in [0, 0.05) is 30.9 Å². The maximum atomic E-state index is 13.0. The molecule has 1 unspecified atom stereocenters. The molecule has 1 saturated heterocycles. The van der Waals surface area contributed by atoms with E-state index in [4.69, 9.17) is 9.47 Å². The maximum absolute atomic E-state index is 13.0. The van der Waals surface area contributed by atoms with Crippen molar-refractivity contribution in [2.75, 3.05) is 44.8 Å². The summed E-state index contributed by atoms with van der Waals surface area (Å²) >= 11 is 0. The summed E-state index contributed by atoms with van der Waals surface area (Å²) in [5.41, 5.74) is 4.06. The van der Waals surface area contributed by atoms with Gasteiger partial charge in [-0.15, -0.1) is 10.2 Å². The minimum Gasteiger partial charge on any atom is -0.491 e. The first kappa shape index (κ1) is 24.0. The summed E-state index contributed by atoms with van der Waals surface area (Å²) in [4.78, 5) is 27.4. The van der Waals surface area contributed by atoms with Crippen LogP contribution in [0.15, 0.2) is 88.9 Å². The summed E-state index contributed by atoms with van der Waals surface area (Å²) in [6, 6.07) is 11.0. The molecular weight excluding hydrogens is 484 g/mol. The number of fused-ring (bicyclic) bond motifs is 2. The van der Waals surface area contributed by atoms with Crippen molar-refractivity contribution in [3.63, 3.8) is 0 Å². The highest BCUT2D eigenvalue weighted by atomic mass is 16.5. The molecule has 4 heterocycles. The summed E-state index contributed by atoms with van der Waals surface area (Å²) < 4.78 is 12.9. The third-order valence-corrected chi connectivity index (χ3v) is 6.74. The molecule has 38 heavy (non-hydrogen) atoms. The van der Waals surface area contributed by atoms with Crippen LogP contribution in [-0.4, -0.2) is 65.8 Å². The summed E-state index contributed by atoms with van der Waals surface area (Å²) in [6.07, 6.45) is 10.8. The van der Waals surface area contributed by atoms with Crippen molar-refractivity contribution in [3.05, 3.63) is 89.8 Å². The van der Waals surface area contributed by atoms with E-state index >= 15 is 0 Å². The van der Waals surface area contributed by atoms with Crippen molar-refractivity contribution in [1.82, 2.24) is 14.5 Å². The second-order valence-electron chi connectivity index (χ2n) is 9.15. The van der Waals surface area contributed by atoms with Crippen molar-refractivity contribution in [3.8, 4) is 5.75 Å². The van der Waals surface area contributed by atoms with Gasteiger partial charge < -0.3 is 14.8 Å². The summed E-state index contributed by atoms with van der Waals surface area (Å²) in [6.45, 7) is 4.77. The van der Waals surface area contributed by atoms with E-state index in [9.17, 15) is 9.59 Å². The number of nitrogens with zero attached hydrogens (tertiary/aromatic N) is 5. The van der Waals surface area contributed by atoms with Gasteiger partial charge in [-0.05, 0) is 29.8 Å². The molecule has 1 atom stereocenters. The van der Waals surface area contributed by atoms with Crippen LogP contribution in [-0.2, 0) is 9.53 Å². The van der Waals surface area contributed by atoms with Crippen LogP contribution in [0.5, 0.6) is 5.75 Å². The molecule has 1 aromatic carbocycles. The highest BCUT2D eigenvalue weighted by Gasteiger charge is 2.27. The minimum absolute atomic E-state index is 0.265. The number of carbonyl (C=O) groups is 2. The van der Waals surface area contributed by atoms with E-state index in [2.05, 4.69) is 25.5 Å². The van der Waals surface area contributed by atoms with Crippen molar-refractivity contribution in [2.24, 2.45) is 16.1 Å². The van der Waals surface area contributed by atoms with Gasteiger partial charge in [0.1, 0.15) is 12.4 Å². The molecule has 2 amide bonds. The molecule has 0 radical (unpaired) electrons. The number of hydrogen-bond donors (Lipinski definition) is 1. The van der Waals surface area contributed by atoms with Crippen LogP contribution >= 0.6 is 0 Å². The Labute approximate surface area is 218 Å². The van der Waals surface area contributed by atoms with Crippen molar-refractivity contribution in [1.29, 1.82) is 0 Å². The van der Waals surface area contributed by atoms with Gasteiger partial charge in [-0.1, -0.05) is 36.4 Å². The van der Waals surface area contributed by atoms with Crippen LogP contribution in [0.4, 0.5) is 5.69 Å². The Hall–Kier alpha value is -4.41. The topological polar surface area (TPSA) is 110 Å². The molecule has 3 aromatic rings. The number of carbonyl (C=O) groups excluding carboxylic acids is 2. The van der Waals surface area contributed by atoms with Gasteiger partial charge >= 0.3 is 0 Å². The number of ether oxygens (including phenoxy) is 2. The second kappa shape index (κ2) is 10.5. The average Bonchev–Trinajstić information content (AvgIpc) is 3.38. The van der Waals surface area contributed by atoms with E-state index in [0.717, 1.165) is 44.0 Å². The Morgan fingerprint density at radius 2 is 1.92 bits per heavy atom. The number of anilines is 1. The summed E-state index contributed by atoms with van der Waals surface area (Å²) in [5, 5.41) is 15.2. The predicted octanol–water partition coefficient (Wildman–Crippen LogP) is 3.74. The van der Waals surface area contributed by atoms with Crippen LogP contribution in [0.1, 0.15) is 15.9 Å². The highest BCUT2D eigenvalue weighted by molar-refractivity contribution is 6.08. The first-order valence-electron chi connectivity index (χ1n) is 12.5. The normalized spacial score (nSPS) is 19.2. The van der Waals surface area contributed by atoms with Gasteiger partial charge in [0.05, 0.1) is 48.3 Å². The lowest BCUT2D eigenvalue weighted by molar-refractivity contribution is -0.119. The number of pyridine rings is 1. The largest absolute Gasteiger partial charge is 0.491 e. The number of rotatable bonds is 7. The fourth-order valence-electron chi connectivity index (χ4n) is 4.68. The van der Waals surface area contributed by atoms with Gasteiger partial charge in [0.25, 0.3) is 11.8 Å². The third-order valence-electron chi connectivity index (χ3n) is 6.74. The Morgan fingerprint density at radius 3 is 2.76 bits per heavy atom. The zero-order valence-corrected chi connectivity index (χ0v) is 20.6. The van der Waals surface area contributed by atoms with Crippen LogP contribution in [0.3, 0.4) is 0 Å². The molecule has 10 heteroatoms. The number of morpholine rings is 1. The molecule has 6 rings (SSSR count). The first-order chi connectivity index (χ1) is 18.7. The summed E-state index contributed by atoms with van der Waals surface area (Å²) in [5.74, 6) is -0.246. The van der Waals surface area contributed by atoms with Crippen LogP contribution in [0, 0.1) is 5.92 Å². The Morgan fingerprint density at radius 1 is 1.08 bits per heavy atom. The Bertz CT molecular complexity index is 1500. The molecule has 0 spiro atoms. The third kappa shape index (κ3) is 4.91. The van der Waals surface area contributed by atoms with Crippen molar-refractivity contribution >= 4 is 28.7 Å². The second-order valence-corrected chi connectivity index (χ2v) is 9.15. The molecular formula is C28H26N6O4. The van der Waals surface area contributed by atoms with E-state index in [1.54, 1.807) is 29.0 Å². The molecule has 2 aromatic heterocycles. The molecule has 192 valence electrons. The maximum Gasteiger partial charge on any atom is 0.276 e. The molecule has 1 fully saturated rings. The number of amides is 2. The highest BCUT2D eigenvalue weighted by Crippen LogP contribution is 2.34. The predicted molar refractivity (Wildman–Crippen MR) is 141 cm³/mol. The van der Waals surface area contributed by atoms with E-state index in [1.807, 2.05) is 48.6 Å². The van der Waals surface area contributed by atoms with Gasteiger partial charge in [0.2, 0.25) is 0 Å². The lowest BCUT2D eigenvalue weighted by atomic mass is 9.89. The molecule has 3 aliphatic rings. The van der Waals surface area contributed by atoms with Gasteiger partial charge in [-0.2, -0.15) is 5.10 Å². The van der Waals surface area contributed by atoms with E-state index < -0.39 is 5.92 Å². The zero-order chi connectivity index (χ0) is 25.9. The number of allylic oxidation sites excluding steroid dienone is 3. The molecule has 10 nitrogen and oxygen atoms in total. The van der Waals surface area contributed by atoms with E-state index in [0.29, 0.717) is 34.8 Å². The van der Waals surface area contributed by atoms with Crippen LogP contribution in [0.2, 0.25) is 0 Å². The van der Waals surface area contributed by atoms with E-state index in [-0.39, 0.29) is 11.8 Å². The first-order valence-corrected chi connectivity index (χ1v) is 12.5. The standard InChI is InChI=1S/C28H26N6O4/c35-27(24-17-29-34-18-21(9-10-25(24)34)38-16-13-33-11-14-37-15-12-33)30-20-7-5-19(6-8-20)26-22-3-1-2-4-23(22)28(36)32-31-26/h1-10,17-18,23H,11-16H2,(H,30,35). The average molecular weight is 511 g/mol. The smallest absolute Gasteiger partial charge is 0.276 e. The fraction of sp³-hybridized carbons (Fsp3) is 0.250. The number of hydrogen-bond acceptors (Lipinski definition) is 7. The molecule has 0 saturated carbocycles. The minimum atomic E-state index is -0.404. The van der Waals surface area contributed by atoms with Crippen molar-refractivity contribution < 1.29 is 19.1 Å². The number of azo groups is 1. The Kier molecular flexibility index (Phi) is 6.63. The fourth-order valence-corrected chi connectivity index (χ4v) is 4.68. The summed E-state index contributed by atoms with van der Waals surface area (Å²) in [7, 11) is 0. The lowest BCUT2D eigenvalue weighted by Gasteiger charge is -2.26. The zero-order valence-electron chi connectivity index (χ0n) is 20.6. The van der Waals surface area contributed by atoms with Gasteiger partial charge in [-0.3, -0.25) is 14.5 Å². The Balaban J connectivity index is 1.11. The molecule has 1 N–H and O–H groups in total. The number of benzene rings is 1. The van der Waals surface area contributed by atoms with Crippen LogP contribution in [0.25, 0.3) is 11.2 Å². The molecule has 1 aliphatic carbocycles. The lowest BCUT2D eigenvalue weighted by Crippen LogP contribution is -2.38. The van der Waals surface area contributed by atoms with E-state index in [1.165, 1.54) is 0 Å². The van der Waals surface area contributed by atoms with Gasteiger partial charge in [-0.25, -0.2) is 4.52 Å². The molecule has 2 aliphatic heterocycles. The SMILES string of the molecule is O=C(Nc1ccc(C2=C3C=CC=CC3C(=O)N=N2)cc1)c1cnn2cc(OCCN3CCOCC3)ccc12. The number of aromatic nitrogens is 2. The van der Waals surface area contributed by atoms with Crippen LogP contribution < -0.4 is 10.1 Å². The quantitative estimate of drug-likeness (QED) is 0.519. The van der Waals surface area contributed by atoms with Gasteiger partial charge in [0.15, 0.2) is 0 Å². The van der Waals surface area contributed by atoms with Crippen molar-refractivity contribution in [2.45, 2.75) is 0 Å². The number of nitrogens with one attached hydrogen (secondary N) is 1.